The molecule has 4 heteroatoms. The molecule has 2 fully saturated rings. The molecule has 0 spiro atoms. The van der Waals surface area contributed by atoms with Gasteiger partial charge in [0, 0.05) is 31.0 Å². The Morgan fingerprint density at radius 2 is 1.90 bits per heavy atom. The van der Waals surface area contributed by atoms with Crippen LogP contribution in [-0.4, -0.2) is 24.8 Å². The van der Waals surface area contributed by atoms with Crippen molar-refractivity contribution >= 4 is 17.4 Å². The summed E-state index contributed by atoms with van der Waals surface area (Å²) in [5.74, 6) is 1.59. The molecule has 1 atom stereocenters. The lowest BCUT2D eigenvalue weighted by molar-refractivity contribution is -0.121. The first-order valence-corrected chi connectivity index (χ1v) is 7.80. The molecule has 4 nitrogen and oxygen atoms in total. The van der Waals surface area contributed by atoms with Gasteiger partial charge < -0.3 is 9.64 Å². The molecule has 1 unspecified atom stereocenters. The Morgan fingerprint density at radius 1 is 1.10 bits per heavy atom. The number of rotatable bonds is 5. The minimum absolute atomic E-state index is 0.198. The zero-order valence-electron chi connectivity index (χ0n) is 12.2. The number of ether oxygens (including phenoxy) is 1. The van der Waals surface area contributed by atoms with E-state index < -0.39 is 0 Å². The average Bonchev–Trinajstić information content (AvgIpc) is 3.09. The summed E-state index contributed by atoms with van der Waals surface area (Å²) >= 11 is 0. The number of nitrogens with zero attached hydrogens (tertiary/aromatic N) is 1. The first-order valence-electron chi connectivity index (χ1n) is 7.80. The summed E-state index contributed by atoms with van der Waals surface area (Å²) in [5, 5.41) is 0. The molecule has 1 heterocycles. The summed E-state index contributed by atoms with van der Waals surface area (Å²) in [4.78, 5) is 25.0. The van der Waals surface area contributed by atoms with Crippen LogP contribution >= 0.6 is 0 Å². The number of amides is 1. The molecule has 1 aromatic carbocycles. The highest BCUT2D eigenvalue weighted by Gasteiger charge is 2.24. The topological polar surface area (TPSA) is 46.6 Å². The predicted octanol–water partition coefficient (Wildman–Crippen LogP) is 2.95. The molecule has 1 saturated heterocycles. The Kier molecular flexibility index (Phi) is 4.23. The van der Waals surface area contributed by atoms with Crippen molar-refractivity contribution in [2.45, 2.75) is 38.5 Å². The summed E-state index contributed by atoms with van der Waals surface area (Å²) in [6.45, 7) is 1.39. The molecule has 0 radical (unpaired) electrons. The molecule has 1 amide bonds. The second-order valence-electron chi connectivity index (χ2n) is 5.84. The van der Waals surface area contributed by atoms with Crippen LogP contribution in [0.1, 0.15) is 38.5 Å². The maximum absolute atomic E-state index is 11.7. The van der Waals surface area contributed by atoms with E-state index in [0.717, 1.165) is 50.1 Å². The second kappa shape index (κ2) is 6.29. The van der Waals surface area contributed by atoms with Gasteiger partial charge in [-0.3, -0.25) is 9.59 Å². The Balaban J connectivity index is 1.50. The lowest BCUT2D eigenvalue weighted by atomic mass is 10.0. The average molecular weight is 287 g/mol. The zero-order chi connectivity index (χ0) is 14.7. The zero-order valence-corrected chi connectivity index (χ0v) is 12.2. The fourth-order valence-electron chi connectivity index (χ4n) is 3.16. The number of benzene rings is 1. The minimum Gasteiger partial charge on any atom is -0.494 e. The number of anilines is 1. The van der Waals surface area contributed by atoms with Gasteiger partial charge in [-0.2, -0.15) is 0 Å². The van der Waals surface area contributed by atoms with Crippen molar-refractivity contribution < 1.29 is 14.3 Å². The highest BCUT2D eigenvalue weighted by molar-refractivity contribution is 5.95. The monoisotopic (exact) mass is 287 g/mol. The van der Waals surface area contributed by atoms with Gasteiger partial charge in [-0.15, -0.1) is 0 Å². The van der Waals surface area contributed by atoms with Crippen molar-refractivity contribution in [1.82, 2.24) is 0 Å². The number of ketones is 1. The van der Waals surface area contributed by atoms with Gasteiger partial charge >= 0.3 is 0 Å². The number of hydrogen-bond acceptors (Lipinski definition) is 3. The molecule has 1 aliphatic heterocycles. The normalized spacial score (nSPS) is 22.1. The smallest absolute Gasteiger partial charge is 0.227 e. The van der Waals surface area contributed by atoms with E-state index in [-0.39, 0.29) is 11.8 Å². The van der Waals surface area contributed by atoms with Crippen LogP contribution in [0, 0.1) is 5.92 Å². The Hall–Kier alpha value is -1.84. The molecule has 112 valence electrons. The fraction of sp³-hybridized carbons (Fsp3) is 0.529. The molecular weight excluding hydrogens is 266 g/mol. The van der Waals surface area contributed by atoms with Crippen LogP contribution in [-0.2, 0) is 9.59 Å². The molecule has 1 saturated carbocycles. The van der Waals surface area contributed by atoms with Gasteiger partial charge in [0.15, 0.2) is 0 Å². The van der Waals surface area contributed by atoms with E-state index in [9.17, 15) is 9.59 Å². The standard InChI is InChI=1S/C17H21NO3/c19-16-4-1-3-13(16)10-12-21-15-8-6-14(7-9-15)18-11-2-5-17(18)20/h6-9,13H,1-5,10-12H2. The summed E-state index contributed by atoms with van der Waals surface area (Å²) in [6.07, 6.45) is 5.18. The Morgan fingerprint density at radius 3 is 2.52 bits per heavy atom. The Labute approximate surface area is 125 Å². The van der Waals surface area contributed by atoms with Gasteiger partial charge in [0.2, 0.25) is 5.91 Å². The van der Waals surface area contributed by atoms with Crippen LogP contribution in [0.5, 0.6) is 5.75 Å². The summed E-state index contributed by atoms with van der Waals surface area (Å²) in [5.41, 5.74) is 0.941. The third-order valence-corrected chi connectivity index (χ3v) is 4.39. The van der Waals surface area contributed by atoms with Crippen LogP contribution in [0.4, 0.5) is 5.69 Å². The number of carbonyl (C=O) groups is 2. The van der Waals surface area contributed by atoms with Gasteiger partial charge in [0.25, 0.3) is 0 Å². The minimum atomic E-state index is 0.198. The summed E-state index contributed by atoms with van der Waals surface area (Å²) < 4.78 is 5.71. The number of hydrogen-bond donors (Lipinski definition) is 0. The number of Topliss-reactive ketones (excluding diaryl/α,β-unsaturated/α-hetero) is 1. The van der Waals surface area contributed by atoms with E-state index in [1.54, 1.807) is 0 Å². The third kappa shape index (κ3) is 3.26. The molecule has 1 aromatic rings. The lowest BCUT2D eigenvalue weighted by Crippen LogP contribution is -2.23. The fourth-order valence-corrected chi connectivity index (χ4v) is 3.16. The van der Waals surface area contributed by atoms with Gasteiger partial charge in [-0.1, -0.05) is 0 Å². The van der Waals surface area contributed by atoms with E-state index in [2.05, 4.69) is 0 Å². The van der Waals surface area contributed by atoms with E-state index in [0.29, 0.717) is 18.8 Å². The largest absolute Gasteiger partial charge is 0.494 e. The van der Waals surface area contributed by atoms with Crippen LogP contribution in [0.3, 0.4) is 0 Å². The molecule has 21 heavy (non-hydrogen) atoms. The lowest BCUT2D eigenvalue weighted by Gasteiger charge is -2.16. The molecule has 2 aliphatic rings. The highest BCUT2D eigenvalue weighted by atomic mass is 16.5. The molecule has 1 aliphatic carbocycles. The van der Waals surface area contributed by atoms with Gasteiger partial charge in [-0.05, 0) is 49.9 Å². The molecule has 3 rings (SSSR count). The van der Waals surface area contributed by atoms with Crippen molar-refractivity contribution in [3.63, 3.8) is 0 Å². The molecule has 0 aromatic heterocycles. The first kappa shape index (κ1) is 14.1. The second-order valence-corrected chi connectivity index (χ2v) is 5.84. The maximum Gasteiger partial charge on any atom is 0.227 e. The summed E-state index contributed by atoms with van der Waals surface area (Å²) in [7, 11) is 0. The third-order valence-electron chi connectivity index (χ3n) is 4.39. The molecule has 0 N–H and O–H groups in total. The Bertz CT molecular complexity index is 523. The van der Waals surface area contributed by atoms with E-state index in [4.69, 9.17) is 4.74 Å². The van der Waals surface area contributed by atoms with Gasteiger partial charge in [0.05, 0.1) is 6.61 Å². The SMILES string of the molecule is O=C1CCCC1CCOc1ccc(N2CCCC2=O)cc1. The van der Waals surface area contributed by atoms with Crippen molar-refractivity contribution in [1.29, 1.82) is 0 Å². The van der Waals surface area contributed by atoms with E-state index in [1.165, 1.54) is 0 Å². The maximum atomic E-state index is 11.7. The number of carbonyl (C=O) groups excluding carboxylic acids is 2. The predicted molar refractivity (Wildman–Crippen MR) is 80.5 cm³/mol. The van der Waals surface area contributed by atoms with Crippen LogP contribution in [0.2, 0.25) is 0 Å². The first-order chi connectivity index (χ1) is 10.2. The van der Waals surface area contributed by atoms with Crippen molar-refractivity contribution in [2.24, 2.45) is 5.92 Å². The van der Waals surface area contributed by atoms with Crippen LogP contribution < -0.4 is 9.64 Å². The molecule has 0 bridgehead atoms. The van der Waals surface area contributed by atoms with Crippen molar-refractivity contribution in [3.8, 4) is 5.75 Å². The van der Waals surface area contributed by atoms with Crippen molar-refractivity contribution in [3.05, 3.63) is 24.3 Å². The van der Waals surface area contributed by atoms with Crippen LogP contribution in [0.15, 0.2) is 24.3 Å². The van der Waals surface area contributed by atoms with E-state index in [1.807, 2.05) is 29.2 Å². The van der Waals surface area contributed by atoms with Gasteiger partial charge in [0.1, 0.15) is 11.5 Å². The molecular formula is C17H21NO3. The summed E-state index contributed by atoms with van der Waals surface area (Å²) in [6, 6.07) is 7.66. The van der Waals surface area contributed by atoms with Crippen molar-refractivity contribution in [2.75, 3.05) is 18.1 Å². The van der Waals surface area contributed by atoms with Gasteiger partial charge in [-0.25, -0.2) is 0 Å². The highest BCUT2D eigenvalue weighted by Crippen LogP contribution is 2.26. The quantitative estimate of drug-likeness (QED) is 0.836. The van der Waals surface area contributed by atoms with Crippen LogP contribution in [0.25, 0.3) is 0 Å². The van der Waals surface area contributed by atoms with E-state index >= 15 is 0 Å².